The zero-order chi connectivity index (χ0) is 13.3. The molecule has 0 atom stereocenters. The average Bonchev–Trinajstić information content (AvgIpc) is 2.95. The Hall–Kier alpha value is -1.69. The molecule has 0 bridgehead atoms. The molecule has 96 valence electrons. The first-order valence-electron chi connectivity index (χ1n) is 5.64. The molecule has 1 N–H and O–H groups in total. The van der Waals surface area contributed by atoms with Crippen molar-refractivity contribution in [3.63, 3.8) is 0 Å². The molecule has 0 unspecified atom stereocenters. The van der Waals surface area contributed by atoms with Crippen LogP contribution in [-0.4, -0.2) is 28.4 Å². The molecule has 0 radical (unpaired) electrons. The van der Waals surface area contributed by atoms with Crippen molar-refractivity contribution in [2.45, 2.75) is 19.8 Å². The van der Waals surface area contributed by atoms with Gasteiger partial charge >= 0.3 is 5.97 Å². The van der Waals surface area contributed by atoms with E-state index in [0.29, 0.717) is 10.7 Å². The van der Waals surface area contributed by atoms with Crippen molar-refractivity contribution in [2.24, 2.45) is 5.92 Å². The predicted octanol–water partition coefficient (Wildman–Crippen LogP) is 2.08. The minimum atomic E-state index is -1.04. The van der Waals surface area contributed by atoms with Gasteiger partial charge in [0.15, 0.2) is 0 Å². The van der Waals surface area contributed by atoms with Crippen LogP contribution < -0.4 is 4.90 Å². The number of anilines is 1. The monoisotopic (exact) mass is 266 g/mol. The zero-order valence-corrected chi connectivity index (χ0v) is 11.0. The highest BCUT2D eigenvalue weighted by atomic mass is 32.1. The van der Waals surface area contributed by atoms with Gasteiger partial charge in [0.25, 0.3) is 0 Å². The van der Waals surface area contributed by atoms with Crippen molar-refractivity contribution in [1.82, 2.24) is 4.37 Å². The highest BCUT2D eigenvalue weighted by molar-refractivity contribution is 7.11. The molecule has 2 rings (SSSR count). The highest BCUT2D eigenvalue weighted by Crippen LogP contribution is 2.30. The Morgan fingerprint density at radius 3 is 2.61 bits per heavy atom. The van der Waals surface area contributed by atoms with Gasteiger partial charge in [-0.15, -0.1) is 0 Å². The van der Waals surface area contributed by atoms with Crippen molar-refractivity contribution < 1.29 is 14.7 Å². The molecule has 0 aliphatic heterocycles. The number of aromatic carboxylic acids is 1. The third-order valence-corrected chi connectivity index (χ3v) is 4.07. The number of carboxylic acid groups (broad SMARTS) is 1. The van der Waals surface area contributed by atoms with Gasteiger partial charge in [0.1, 0.15) is 10.6 Å². The normalized spacial score (nSPS) is 15.0. The van der Waals surface area contributed by atoms with E-state index in [0.717, 1.165) is 24.4 Å². The Balaban J connectivity index is 2.25. The molecule has 0 saturated heterocycles. The van der Waals surface area contributed by atoms with E-state index in [2.05, 4.69) is 4.37 Å². The lowest BCUT2D eigenvalue weighted by Crippen LogP contribution is -2.32. The van der Waals surface area contributed by atoms with Gasteiger partial charge in [-0.05, 0) is 31.3 Å². The molecule has 1 aromatic heterocycles. The minimum Gasteiger partial charge on any atom is -0.478 e. The van der Waals surface area contributed by atoms with Gasteiger partial charge in [-0.2, -0.15) is 4.37 Å². The SMILES string of the molecule is Cc1nsc(N(C)C(=O)C2CC=CC2)c1C(=O)O. The second kappa shape index (κ2) is 4.89. The van der Waals surface area contributed by atoms with Crippen LogP contribution in [0.5, 0.6) is 0 Å². The number of carboxylic acids is 1. The molecule has 0 saturated carbocycles. The van der Waals surface area contributed by atoms with Gasteiger partial charge in [0.05, 0.1) is 5.69 Å². The molecule has 0 spiro atoms. The van der Waals surface area contributed by atoms with Crippen molar-refractivity contribution >= 4 is 28.4 Å². The number of hydrogen-bond acceptors (Lipinski definition) is 4. The second-order valence-corrected chi connectivity index (χ2v) is 5.04. The summed E-state index contributed by atoms with van der Waals surface area (Å²) in [5, 5.41) is 9.56. The van der Waals surface area contributed by atoms with E-state index in [-0.39, 0.29) is 17.4 Å². The number of carbonyl (C=O) groups excluding carboxylic acids is 1. The molecule has 5 nitrogen and oxygen atoms in total. The van der Waals surface area contributed by atoms with Gasteiger partial charge in [0, 0.05) is 13.0 Å². The Labute approximate surface area is 109 Å². The molecule has 1 heterocycles. The van der Waals surface area contributed by atoms with E-state index < -0.39 is 5.97 Å². The van der Waals surface area contributed by atoms with Gasteiger partial charge < -0.3 is 10.0 Å². The molecule has 1 aliphatic carbocycles. The molecule has 1 aromatic rings. The summed E-state index contributed by atoms with van der Waals surface area (Å²) in [5.74, 6) is -1.16. The molecule has 0 aromatic carbocycles. The van der Waals surface area contributed by atoms with Crippen LogP contribution in [0.15, 0.2) is 12.2 Å². The average molecular weight is 266 g/mol. The quantitative estimate of drug-likeness (QED) is 0.850. The lowest BCUT2D eigenvalue weighted by molar-refractivity contribution is -0.121. The Morgan fingerprint density at radius 2 is 2.06 bits per heavy atom. The van der Waals surface area contributed by atoms with Crippen LogP contribution in [-0.2, 0) is 4.79 Å². The van der Waals surface area contributed by atoms with Crippen molar-refractivity contribution in [1.29, 1.82) is 0 Å². The first-order chi connectivity index (χ1) is 8.52. The number of amides is 1. The number of nitrogens with zero attached hydrogens (tertiary/aromatic N) is 2. The fraction of sp³-hybridized carbons (Fsp3) is 0.417. The van der Waals surface area contributed by atoms with E-state index >= 15 is 0 Å². The summed E-state index contributed by atoms with van der Waals surface area (Å²) < 4.78 is 4.02. The first kappa shape index (κ1) is 12.8. The lowest BCUT2D eigenvalue weighted by Gasteiger charge is -2.19. The summed E-state index contributed by atoms with van der Waals surface area (Å²) in [6.07, 6.45) is 5.41. The van der Waals surface area contributed by atoms with Crippen molar-refractivity contribution in [3.05, 3.63) is 23.4 Å². The van der Waals surface area contributed by atoms with Crippen LogP contribution in [0.2, 0.25) is 0 Å². The summed E-state index contributed by atoms with van der Waals surface area (Å²) >= 11 is 1.05. The first-order valence-corrected chi connectivity index (χ1v) is 6.41. The maximum absolute atomic E-state index is 12.2. The van der Waals surface area contributed by atoms with Gasteiger partial charge in [0.2, 0.25) is 5.91 Å². The fourth-order valence-corrected chi connectivity index (χ4v) is 2.88. The number of carbonyl (C=O) groups is 2. The van der Waals surface area contributed by atoms with Crippen LogP contribution in [0, 0.1) is 12.8 Å². The van der Waals surface area contributed by atoms with Gasteiger partial charge in [-0.1, -0.05) is 12.2 Å². The molecule has 1 aliphatic rings. The van der Waals surface area contributed by atoms with E-state index in [9.17, 15) is 9.59 Å². The molecule has 18 heavy (non-hydrogen) atoms. The summed E-state index contributed by atoms with van der Waals surface area (Å²) in [4.78, 5) is 24.8. The Morgan fingerprint density at radius 1 is 1.44 bits per heavy atom. The van der Waals surface area contributed by atoms with Crippen molar-refractivity contribution in [2.75, 3.05) is 11.9 Å². The van der Waals surface area contributed by atoms with Crippen molar-refractivity contribution in [3.8, 4) is 0 Å². The maximum atomic E-state index is 12.2. The Kier molecular flexibility index (Phi) is 3.47. The van der Waals surface area contributed by atoms with Crippen LogP contribution in [0.1, 0.15) is 28.9 Å². The third-order valence-electron chi connectivity index (χ3n) is 3.05. The van der Waals surface area contributed by atoms with Gasteiger partial charge in [-0.25, -0.2) is 4.79 Å². The fourth-order valence-electron chi connectivity index (χ4n) is 2.03. The van der Waals surface area contributed by atoms with Gasteiger partial charge in [-0.3, -0.25) is 4.79 Å². The highest BCUT2D eigenvalue weighted by Gasteiger charge is 2.28. The van der Waals surface area contributed by atoms with E-state index in [1.54, 1.807) is 14.0 Å². The molecule has 6 heteroatoms. The zero-order valence-electron chi connectivity index (χ0n) is 10.2. The van der Waals surface area contributed by atoms with E-state index in [1.165, 1.54) is 4.90 Å². The summed E-state index contributed by atoms with van der Waals surface area (Å²) in [6.45, 7) is 1.64. The van der Waals surface area contributed by atoms with E-state index in [4.69, 9.17) is 5.11 Å². The van der Waals surface area contributed by atoms with Crippen LogP contribution in [0.25, 0.3) is 0 Å². The number of hydrogen-bond donors (Lipinski definition) is 1. The van der Waals surface area contributed by atoms with E-state index in [1.807, 2.05) is 12.2 Å². The number of rotatable bonds is 3. The summed E-state index contributed by atoms with van der Waals surface area (Å²) in [7, 11) is 1.61. The second-order valence-electron chi connectivity index (χ2n) is 4.29. The molecular weight excluding hydrogens is 252 g/mol. The van der Waals surface area contributed by atoms with Crippen LogP contribution in [0.3, 0.4) is 0 Å². The van der Waals surface area contributed by atoms with Crippen LogP contribution in [0.4, 0.5) is 5.00 Å². The maximum Gasteiger partial charge on any atom is 0.340 e. The van der Waals surface area contributed by atoms with Crippen LogP contribution >= 0.6 is 11.5 Å². The largest absolute Gasteiger partial charge is 0.478 e. The third kappa shape index (κ3) is 2.15. The number of allylic oxidation sites excluding steroid dienone is 2. The summed E-state index contributed by atoms with van der Waals surface area (Å²) in [6, 6.07) is 0. The minimum absolute atomic E-state index is 0.0499. The lowest BCUT2D eigenvalue weighted by atomic mass is 10.1. The molecular formula is C12H14N2O3S. The smallest absolute Gasteiger partial charge is 0.340 e. The number of aryl methyl sites for hydroxylation is 1. The predicted molar refractivity (Wildman–Crippen MR) is 69.1 cm³/mol. The topological polar surface area (TPSA) is 70.5 Å². The summed E-state index contributed by atoms with van der Waals surface area (Å²) in [5.41, 5.74) is 0.577. The number of aromatic nitrogens is 1. The molecule has 0 fully saturated rings. The Bertz CT molecular complexity index is 513. The standard InChI is InChI=1S/C12H14N2O3S/c1-7-9(12(16)17)11(18-13-7)14(2)10(15)8-5-3-4-6-8/h3-4,8H,5-6H2,1-2H3,(H,16,17). The molecule has 1 amide bonds.